The molecule has 0 unspecified atom stereocenters. The van der Waals surface area contributed by atoms with E-state index in [9.17, 15) is 0 Å². The van der Waals surface area contributed by atoms with Crippen LogP contribution < -0.4 is 0 Å². The molecule has 0 saturated heterocycles. The Hall–Kier alpha value is -7.05. The van der Waals surface area contributed by atoms with E-state index in [4.69, 9.17) is 23.8 Å². The van der Waals surface area contributed by atoms with Gasteiger partial charge in [-0.3, -0.25) is 4.57 Å². The van der Waals surface area contributed by atoms with E-state index < -0.39 is 0 Å². The van der Waals surface area contributed by atoms with Crippen LogP contribution in [0.15, 0.2) is 167 Å². The second-order valence-corrected chi connectivity index (χ2v) is 12.8. The Bertz CT molecular complexity index is 3140. The average Bonchev–Trinajstić information content (AvgIpc) is 3.88. The minimum absolute atomic E-state index is 0.522. The molecule has 0 amide bonds. The fraction of sp³-hybridized carbons (Fsp3) is 0. The van der Waals surface area contributed by atoms with Gasteiger partial charge in [-0.1, -0.05) is 121 Å². The molecule has 0 N–H and O–H groups in total. The Balaban J connectivity index is 1.20. The van der Waals surface area contributed by atoms with Gasteiger partial charge >= 0.3 is 0 Å². The van der Waals surface area contributed by atoms with Crippen molar-refractivity contribution in [1.29, 1.82) is 0 Å². The molecule has 0 aliphatic rings. The summed E-state index contributed by atoms with van der Waals surface area (Å²) in [5.74, 6) is 1.67. The van der Waals surface area contributed by atoms with Crippen LogP contribution in [0.5, 0.6) is 0 Å². The van der Waals surface area contributed by atoms with E-state index in [2.05, 4.69) is 114 Å². The molecular weight excluding hydrogens is 629 g/mol. The molecule has 7 aromatic carbocycles. The van der Waals surface area contributed by atoms with E-state index >= 15 is 0 Å². The van der Waals surface area contributed by atoms with Crippen LogP contribution >= 0.6 is 0 Å². The predicted molar refractivity (Wildman–Crippen MR) is 205 cm³/mol. The van der Waals surface area contributed by atoms with Gasteiger partial charge < -0.3 is 8.83 Å². The predicted octanol–water partition coefficient (Wildman–Crippen LogP) is 11.8. The second-order valence-electron chi connectivity index (χ2n) is 12.8. The molecule has 0 spiro atoms. The Morgan fingerprint density at radius 2 is 1.02 bits per heavy atom. The van der Waals surface area contributed by atoms with Gasteiger partial charge in [0.15, 0.2) is 11.6 Å². The van der Waals surface area contributed by atoms with Crippen LogP contribution in [0.1, 0.15) is 0 Å². The molecule has 0 fully saturated rings. The molecule has 6 nitrogen and oxygen atoms in total. The number of nitrogens with zero attached hydrogens (tertiary/aromatic N) is 4. The third kappa shape index (κ3) is 4.20. The summed E-state index contributed by atoms with van der Waals surface area (Å²) in [5.41, 5.74) is 9.31. The molecule has 0 atom stereocenters. The zero-order chi connectivity index (χ0) is 33.5. The number of furan rings is 2. The molecule has 11 rings (SSSR count). The SMILES string of the molecule is c1ccc(-c2ccc(-c3nc(-c4cccc5oc6ccccc6c45)nc(-n4c5ccccc5c5c6oc7ccccc7c6ccc54)n3)cc2)cc1. The van der Waals surface area contributed by atoms with Crippen molar-refractivity contribution in [1.82, 2.24) is 19.5 Å². The first-order valence-corrected chi connectivity index (χ1v) is 16.9. The maximum atomic E-state index is 6.56. The van der Waals surface area contributed by atoms with Gasteiger partial charge in [-0.15, -0.1) is 0 Å². The molecule has 238 valence electrons. The van der Waals surface area contributed by atoms with E-state index in [1.54, 1.807) is 0 Å². The van der Waals surface area contributed by atoms with Crippen molar-refractivity contribution in [3.05, 3.63) is 158 Å². The standard InChI is InChI=1S/C45H26N4O2/c1-2-11-27(12-3-1)28-21-23-29(24-22-28)43-46-44(34-16-10-20-39-40(34)33-15-6-9-19-38(33)50-39)48-45(47-43)49-35-17-7-4-14-32(35)41-36(49)26-25-31-30-13-5-8-18-37(30)51-42(31)41/h1-26H. The minimum Gasteiger partial charge on any atom is -0.456 e. The molecule has 6 heteroatoms. The van der Waals surface area contributed by atoms with E-state index in [1.807, 2.05) is 48.5 Å². The van der Waals surface area contributed by atoms with Crippen LogP contribution in [0.4, 0.5) is 0 Å². The molecule has 0 aliphatic carbocycles. The summed E-state index contributed by atoms with van der Waals surface area (Å²) in [6, 6.07) is 53.8. The number of rotatable bonds is 4. The largest absolute Gasteiger partial charge is 0.456 e. The fourth-order valence-corrected chi connectivity index (χ4v) is 7.57. The Labute approximate surface area is 290 Å². The first-order chi connectivity index (χ1) is 25.3. The van der Waals surface area contributed by atoms with Gasteiger partial charge in [0.2, 0.25) is 5.95 Å². The van der Waals surface area contributed by atoms with E-state index in [1.165, 1.54) is 0 Å². The lowest BCUT2D eigenvalue weighted by atomic mass is 10.0. The highest BCUT2D eigenvalue weighted by Crippen LogP contribution is 2.41. The van der Waals surface area contributed by atoms with Gasteiger partial charge in [0.1, 0.15) is 22.3 Å². The molecule has 4 aromatic heterocycles. The fourth-order valence-electron chi connectivity index (χ4n) is 7.57. The van der Waals surface area contributed by atoms with Crippen molar-refractivity contribution in [2.75, 3.05) is 0 Å². The number of benzene rings is 7. The van der Waals surface area contributed by atoms with Crippen LogP contribution in [0.3, 0.4) is 0 Å². The molecule has 0 bridgehead atoms. The average molecular weight is 655 g/mol. The highest BCUT2D eigenvalue weighted by molar-refractivity contribution is 6.23. The maximum Gasteiger partial charge on any atom is 0.238 e. The van der Waals surface area contributed by atoms with E-state index in [0.29, 0.717) is 17.6 Å². The molecule has 51 heavy (non-hydrogen) atoms. The molecule has 0 aliphatic heterocycles. The summed E-state index contributed by atoms with van der Waals surface area (Å²) in [7, 11) is 0. The summed E-state index contributed by atoms with van der Waals surface area (Å²) < 4.78 is 15.0. The number of hydrogen-bond acceptors (Lipinski definition) is 5. The molecular formula is C45H26N4O2. The summed E-state index contributed by atoms with van der Waals surface area (Å²) in [4.78, 5) is 15.6. The Kier molecular flexibility index (Phi) is 5.86. The topological polar surface area (TPSA) is 69.9 Å². The first-order valence-electron chi connectivity index (χ1n) is 16.9. The second kappa shape index (κ2) is 10.7. The third-order valence-electron chi connectivity index (χ3n) is 9.90. The summed E-state index contributed by atoms with van der Waals surface area (Å²) in [6.07, 6.45) is 0. The number of para-hydroxylation sites is 3. The van der Waals surface area contributed by atoms with Crippen LogP contribution in [-0.4, -0.2) is 19.5 Å². The van der Waals surface area contributed by atoms with Crippen molar-refractivity contribution in [2.24, 2.45) is 0 Å². The van der Waals surface area contributed by atoms with Crippen molar-refractivity contribution >= 4 is 65.7 Å². The van der Waals surface area contributed by atoms with Crippen LogP contribution in [0.2, 0.25) is 0 Å². The molecule has 11 aromatic rings. The minimum atomic E-state index is 0.522. The Morgan fingerprint density at radius 1 is 0.373 bits per heavy atom. The zero-order valence-corrected chi connectivity index (χ0v) is 27.1. The highest BCUT2D eigenvalue weighted by atomic mass is 16.3. The number of hydrogen-bond donors (Lipinski definition) is 0. The molecule has 0 radical (unpaired) electrons. The lowest BCUT2D eigenvalue weighted by Gasteiger charge is -2.12. The lowest BCUT2D eigenvalue weighted by molar-refractivity contribution is 0.669. The van der Waals surface area contributed by atoms with Crippen LogP contribution in [-0.2, 0) is 0 Å². The maximum absolute atomic E-state index is 6.56. The van der Waals surface area contributed by atoms with Crippen molar-refractivity contribution < 1.29 is 8.83 Å². The smallest absolute Gasteiger partial charge is 0.238 e. The van der Waals surface area contributed by atoms with Gasteiger partial charge in [0, 0.05) is 38.1 Å². The van der Waals surface area contributed by atoms with Crippen molar-refractivity contribution in [3.8, 4) is 39.9 Å². The van der Waals surface area contributed by atoms with Gasteiger partial charge in [0.25, 0.3) is 0 Å². The first kappa shape index (κ1) is 27.9. The normalized spacial score (nSPS) is 11.9. The van der Waals surface area contributed by atoms with Crippen LogP contribution in [0.25, 0.3) is 106 Å². The van der Waals surface area contributed by atoms with E-state index in [0.717, 1.165) is 87.9 Å². The van der Waals surface area contributed by atoms with Gasteiger partial charge in [-0.25, -0.2) is 4.98 Å². The molecule has 4 heterocycles. The van der Waals surface area contributed by atoms with Gasteiger partial charge in [-0.2, -0.15) is 9.97 Å². The number of fused-ring (bicyclic) bond motifs is 10. The zero-order valence-electron chi connectivity index (χ0n) is 27.1. The summed E-state index contributed by atoms with van der Waals surface area (Å²) in [5, 5.41) is 6.25. The lowest BCUT2D eigenvalue weighted by Crippen LogP contribution is -2.06. The van der Waals surface area contributed by atoms with Crippen molar-refractivity contribution in [3.63, 3.8) is 0 Å². The third-order valence-corrected chi connectivity index (χ3v) is 9.90. The summed E-state index contributed by atoms with van der Waals surface area (Å²) in [6.45, 7) is 0. The van der Waals surface area contributed by atoms with Crippen LogP contribution in [0, 0.1) is 0 Å². The summed E-state index contributed by atoms with van der Waals surface area (Å²) >= 11 is 0. The van der Waals surface area contributed by atoms with Gasteiger partial charge in [0.05, 0.1) is 16.4 Å². The van der Waals surface area contributed by atoms with Crippen molar-refractivity contribution in [2.45, 2.75) is 0 Å². The van der Waals surface area contributed by atoms with Gasteiger partial charge in [-0.05, 0) is 47.5 Å². The quantitative estimate of drug-likeness (QED) is 0.189. The molecule has 0 saturated carbocycles. The highest BCUT2D eigenvalue weighted by Gasteiger charge is 2.22. The van der Waals surface area contributed by atoms with E-state index in [-0.39, 0.29) is 0 Å². The number of aromatic nitrogens is 4. The monoisotopic (exact) mass is 654 g/mol. The Morgan fingerprint density at radius 3 is 1.86 bits per heavy atom.